The number of aliphatic carboxylic acids is 1. The summed E-state index contributed by atoms with van der Waals surface area (Å²) in [7, 11) is 0. The Labute approximate surface area is 192 Å². The van der Waals surface area contributed by atoms with Crippen LogP contribution in [-0.2, 0) is 17.1 Å². The van der Waals surface area contributed by atoms with Gasteiger partial charge in [0.15, 0.2) is 0 Å². The number of aromatic nitrogens is 2. The zero-order chi connectivity index (χ0) is 26.1. The monoisotopic (exact) mass is 501 g/mol. The van der Waals surface area contributed by atoms with Crippen molar-refractivity contribution in [2.24, 2.45) is 0 Å². The van der Waals surface area contributed by atoms with E-state index in [-0.39, 0.29) is 28.9 Å². The lowest BCUT2D eigenvalue weighted by molar-refractivity contribution is -0.150. The number of hydrogen-bond acceptors (Lipinski definition) is 4. The van der Waals surface area contributed by atoms with E-state index in [4.69, 9.17) is 0 Å². The molecule has 13 heteroatoms. The molecule has 0 saturated carbocycles. The fourth-order valence-electron chi connectivity index (χ4n) is 3.17. The fourth-order valence-corrected chi connectivity index (χ4v) is 3.17. The van der Waals surface area contributed by atoms with Crippen LogP contribution in [0.5, 0.6) is 0 Å². The lowest BCUT2D eigenvalue weighted by Crippen LogP contribution is -2.44. The van der Waals surface area contributed by atoms with Gasteiger partial charge in [-0.25, -0.2) is 14.2 Å². The first-order valence-corrected chi connectivity index (χ1v) is 9.63. The molecule has 0 aliphatic rings. The van der Waals surface area contributed by atoms with E-state index < -0.39 is 53.0 Å². The van der Waals surface area contributed by atoms with Crippen LogP contribution in [0.2, 0.25) is 0 Å². The minimum absolute atomic E-state index is 0.0688. The van der Waals surface area contributed by atoms with Crippen molar-refractivity contribution in [2.75, 3.05) is 4.90 Å². The summed E-state index contributed by atoms with van der Waals surface area (Å²) in [5.41, 5.74) is -5.66. The van der Waals surface area contributed by atoms with E-state index in [1.807, 2.05) is 0 Å². The van der Waals surface area contributed by atoms with Crippen LogP contribution in [0.15, 0.2) is 54.9 Å². The number of amides is 1. The number of anilines is 1. The lowest BCUT2D eigenvalue weighted by Gasteiger charge is -2.29. The Bertz CT molecular complexity index is 1240. The maximum atomic E-state index is 14.5. The highest BCUT2D eigenvalue weighted by molar-refractivity contribution is 6.11. The third-order valence-corrected chi connectivity index (χ3v) is 4.84. The molecule has 1 N–H and O–H groups in total. The van der Waals surface area contributed by atoms with Crippen molar-refractivity contribution < 1.29 is 45.4 Å². The van der Waals surface area contributed by atoms with Gasteiger partial charge in [-0.05, 0) is 31.2 Å². The minimum atomic E-state index is -5.34. The molecular weight excluding hydrogens is 487 g/mol. The van der Waals surface area contributed by atoms with Crippen molar-refractivity contribution in [2.45, 2.75) is 25.3 Å². The summed E-state index contributed by atoms with van der Waals surface area (Å²) in [6, 6.07) is 4.74. The van der Waals surface area contributed by atoms with E-state index in [2.05, 4.69) is 9.97 Å². The molecule has 1 atom stereocenters. The molecule has 1 amide bonds. The summed E-state index contributed by atoms with van der Waals surface area (Å²) in [6.07, 6.45) is -8.54. The molecule has 6 nitrogen and oxygen atoms in total. The molecule has 0 saturated heterocycles. The molecule has 0 aliphatic heterocycles. The van der Waals surface area contributed by atoms with Crippen LogP contribution in [0.1, 0.15) is 28.7 Å². The number of alkyl halides is 6. The largest absolute Gasteiger partial charge is 0.480 e. The summed E-state index contributed by atoms with van der Waals surface area (Å²) >= 11 is 0. The van der Waals surface area contributed by atoms with Gasteiger partial charge in [0.1, 0.15) is 23.2 Å². The first-order chi connectivity index (χ1) is 16.2. The Morgan fingerprint density at radius 2 is 1.51 bits per heavy atom. The number of hydrogen-bond donors (Lipinski definition) is 1. The molecule has 0 bridgehead atoms. The summed E-state index contributed by atoms with van der Waals surface area (Å²) in [6.45, 7) is 0.981. The predicted molar refractivity (Wildman–Crippen MR) is 108 cm³/mol. The molecule has 0 aliphatic carbocycles. The number of rotatable bonds is 5. The molecule has 1 unspecified atom stereocenters. The van der Waals surface area contributed by atoms with Gasteiger partial charge in [0, 0.05) is 22.9 Å². The molecule has 184 valence electrons. The van der Waals surface area contributed by atoms with Crippen LogP contribution < -0.4 is 4.90 Å². The molecule has 0 radical (unpaired) electrons. The first-order valence-electron chi connectivity index (χ1n) is 9.63. The van der Waals surface area contributed by atoms with Gasteiger partial charge >= 0.3 is 18.3 Å². The van der Waals surface area contributed by atoms with Gasteiger partial charge in [0.2, 0.25) is 0 Å². The third-order valence-electron chi connectivity index (χ3n) is 4.84. The number of carboxylic acid groups (broad SMARTS) is 1. The second-order valence-corrected chi connectivity index (χ2v) is 7.18. The summed E-state index contributed by atoms with van der Waals surface area (Å²) < 4.78 is 93.9. The molecule has 1 aromatic carbocycles. The zero-order valence-corrected chi connectivity index (χ0v) is 17.5. The topological polar surface area (TPSA) is 83.4 Å². The van der Waals surface area contributed by atoms with E-state index >= 15 is 0 Å². The predicted octanol–water partition coefficient (Wildman–Crippen LogP) is 5.44. The van der Waals surface area contributed by atoms with Crippen LogP contribution in [0, 0.1) is 5.82 Å². The molecule has 0 fully saturated rings. The Morgan fingerprint density at radius 3 is 2.03 bits per heavy atom. The number of carbonyl (C=O) groups excluding carboxylic acids is 1. The lowest BCUT2D eigenvalue weighted by atomic mass is 10.0. The van der Waals surface area contributed by atoms with Crippen molar-refractivity contribution in [1.82, 2.24) is 9.97 Å². The quantitative estimate of drug-likeness (QED) is 0.471. The Morgan fingerprint density at radius 1 is 0.943 bits per heavy atom. The molecule has 3 aromatic rings. The Hall–Kier alpha value is -4.03. The van der Waals surface area contributed by atoms with Gasteiger partial charge in [-0.15, -0.1) is 0 Å². The Balaban J connectivity index is 2.27. The van der Waals surface area contributed by atoms with Crippen LogP contribution in [0.3, 0.4) is 0 Å². The summed E-state index contributed by atoms with van der Waals surface area (Å²) in [5.74, 6) is -3.94. The van der Waals surface area contributed by atoms with Gasteiger partial charge in [0.25, 0.3) is 5.91 Å². The van der Waals surface area contributed by atoms with Crippen molar-refractivity contribution in [1.29, 1.82) is 0 Å². The summed E-state index contributed by atoms with van der Waals surface area (Å²) in [5, 5.41) is 9.53. The molecule has 35 heavy (non-hydrogen) atoms. The molecule has 0 spiro atoms. The number of carbonyl (C=O) groups is 2. The maximum Gasteiger partial charge on any atom is 0.433 e. The van der Waals surface area contributed by atoms with Crippen molar-refractivity contribution in [3.05, 3.63) is 77.6 Å². The van der Waals surface area contributed by atoms with E-state index in [0.717, 1.165) is 19.2 Å². The first kappa shape index (κ1) is 25.6. The van der Waals surface area contributed by atoms with Crippen molar-refractivity contribution in [3.63, 3.8) is 0 Å². The SMILES string of the molecule is CC(C(=O)O)N(C(=O)c1cc(C(F)(F)F)nc(C(F)(F)F)c1)c1cnccc1-c1ccccc1F. The maximum absolute atomic E-state index is 14.5. The average molecular weight is 501 g/mol. The van der Waals surface area contributed by atoms with Crippen LogP contribution in [0.4, 0.5) is 36.4 Å². The number of pyridine rings is 2. The summed E-state index contributed by atoms with van der Waals surface area (Å²) in [4.78, 5) is 31.8. The van der Waals surface area contributed by atoms with E-state index in [0.29, 0.717) is 4.90 Å². The van der Waals surface area contributed by atoms with Crippen LogP contribution in [0.25, 0.3) is 11.1 Å². The van der Waals surface area contributed by atoms with Crippen LogP contribution >= 0.6 is 0 Å². The van der Waals surface area contributed by atoms with E-state index in [1.54, 1.807) is 0 Å². The number of benzene rings is 1. The van der Waals surface area contributed by atoms with Gasteiger partial charge in [-0.1, -0.05) is 18.2 Å². The van der Waals surface area contributed by atoms with Gasteiger partial charge in [-0.3, -0.25) is 14.7 Å². The fraction of sp³-hybridized carbons (Fsp3) is 0.182. The Kier molecular flexibility index (Phi) is 6.81. The standard InChI is InChI=1S/C22H14F7N3O3/c1-11(20(34)35)32(16-10-30-7-6-14(16)13-4-2-3-5-15(13)23)19(33)12-8-17(21(24,25)26)31-18(9-12)22(27,28)29/h2-11H,1H3,(H,34,35). The van der Waals surface area contributed by atoms with Crippen LogP contribution in [-0.4, -0.2) is 33.0 Å². The van der Waals surface area contributed by atoms with Crippen molar-refractivity contribution >= 4 is 17.6 Å². The van der Waals surface area contributed by atoms with Crippen molar-refractivity contribution in [3.8, 4) is 11.1 Å². The average Bonchev–Trinajstić information content (AvgIpc) is 2.78. The van der Waals surface area contributed by atoms with Gasteiger partial charge in [0.05, 0.1) is 11.9 Å². The van der Waals surface area contributed by atoms with Gasteiger partial charge in [-0.2, -0.15) is 26.3 Å². The number of nitrogens with zero attached hydrogens (tertiary/aromatic N) is 3. The molecule has 2 aromatic heterocycles. The van der Waals surface area contributed by atoms with E-state index in [9.17, 15) is 45.4 Å². The third kappa shape index (κ3) is 5.39. The highest BCUT2D eigenvalue weighted by Crippen LogP contribution is 2.37. The highest BCUT2D eigenvalue weighted by atomic mass is 19.4. The highest BCUT2D eigenvalue weighted by Gasteiger charge is 2.40. The number of halogens is 7. The molecule has 2 heterocycles. The van der Waals surface area contributed by atoms with Gasteiger partial charge < -0.3 is 5.11 Å². The van der Waals surface area contributed by atoms with E-state index in [1.165, 1.54) is 30.5 Å². The second kappa shape index (κ2) is 9.31. The zero-order valence-electron chi connectivity index (χ0n) is 17.5. The minimum Gasteiger partial charge on any atom is -0.480 e. The number of carboxylic acids is 1. The smallest absolute Gasteiger partial charge is 0.433 e. The molecular formula is C22H14F7N3O3. The normalized spacial score (nSPS) is 12.8. The second-order valence-electron chi connectivity index (χ2n) is 7.18. The molecule has 3 rings (SSSR count).